The highest BCUT2D eigenvalue weighted by molar-refractivity contribution is 5.76. The largest absolute Gasteiger partial charge is 0.392 e. The monoisotopic (exact) mass is 287 g/mol. The van der Waals surface area contributed by atoms with Gasteiger partial charge in [0.05, 0.1) is 18.6 Å². The SMILES string of the molecule is CC(C)C(O)CC(=O)NCC(O)c1ccc(F)c(F)c1. The highest BCUT2D eigenvalue weighted by atomic mass is 19.2. The van der Waals surface area contributed by atoms with Crippen molar-refractivity contribution >= 4 is 5.91 Å². The molecule has 0 fully saturated rings. The van der Waals surface area contributed by atoms with E-state index in [-0.39, 0.29) is 24.4 Å². The Balaban J connectivity index is 2.48. The first-order chi connectivity index (χ1) is 9.31. The second kappa shape index (κ2) is 7.31. The highest BCUT2D eigenvalue weighted by Gasteiger charge is 2.16. The molecule has 0 heterocycles. The molecular weight excluding hydrogens is 268 g/mol. The normalized spacial score (nSPS) is 14.2. The number of aliphatic hydroxyl groups excluding tert-OH is 2. The van der Waals surface area contributed by atoms with Crippen LogP contribution in [0.3, 0.4) is 0 Å². The molecule has 2 unspecified atom stereocenters. The minimum atomic E-state index is -1.13. The molecule has 0 spiro atoms. The minimum Gasteiger partial charge on any atom is -0.392 e. The van der Waals surface area contributed by atoms with Crippen molar-refractivity contribution in [1.29, 1.82) is 0 Å². The lowest BCUT2D eigenvalue weighted by Crippen LogP contribution is -2.32. The Labute approximate surface area is 116 Å². The van der Waals surface area contributed by atoms with Gasteiger partial charge in [-0.15, -0.1) is 0 Å². The van der Waals surface area contributed by atoms with E-state index in [1.54, 1.807) is 13.8 Å². The van der Waals surface area contributed by atoms with E-state index < -0.39 is 29.7 Å². The zero-order valence-corrected chi connectivity index (χ0v) is 11.4. The van der Waals surface area contributed by atoms with Gasteiger partial charge in [0.2, 0.25) is 5.91 Å². The average Bonchev–Trinajstić information content (AvgIpc) is 2.39. The Morgan fingerprint density at radius 3 is 2.45 bits per heavy atom. The first kappa shape index (κ1) is 16.5. The molecule has 0 saturated heterocycles. The van der Waals surface area contributed by atoms with Crippen molar-refractivity contribution < 1.29 is 23.8 Å². The topological polar surface area (TPSA) is 69.6 Å². The van der Waals surface area contributed by atoms with Crippen molar-refractivity contribution in [2.24, 2.45) is 5.92 Å². The standard InChI is InChI=1S/C14H19F2NO3/c1-8(2)12(18)6-14(20)17-7-13(19)9-3-4-10(15)11(16)5-9/h3-5,8,12-13,18-19H,6-7H2,1-2H3,(H,17,20). The third-order valence-electron chi connectivity index (χ3n) is 2.99. The van der Waals surface area contributed by atoms with Crippen LogP contribution in [0, 0.1) is 17.6 Å². The van der Waals surface area contributed by atoms with E-state index in [0.29, 0.717) is 0 Å². The fourth-order valence-corrected chi connectivity index (χ4v) is 1.55. The number of rotatable bonds is 6. The lowest BCUT2D eigenvalue weighted by Gasteiger charge is -2.16. The van der Waals surface area contributed by atoms with E-state index in [4.69, 9.17) is 0 Å². The molecule has 1 aromatic rings. The van der Waals surface area contributed by atoms with Crippen LogP contribution < -0.4 is 5.32 Å². The summed E-state index contributed by atoms with van der Waals surface area (Å²) in [5.41, 5.74) is 0.175. The molecule has 1 aromatic carbocycles. The molecule has 1 rings (SSSR count). The van der Waals surface area contributed by atoms with Gasteiger partial charge in [0.15, 0.2) is 11.6 Å². The van der Waals surface area contributed by atoms with Crippen LogP contribution in [0.15, 0.2) is 18.2 Å². The first-order valence-corrected chi connectivity index (χ1v) is 6.39. The van der Waals surface area contributed by atoms with Crippen molar-refractivity contribution in [1.82, 2.24) is 5.32 Å². The maximum absolute atomic E-state index is 13.0. The van der Waals surface area contributed by atoms with Gasteiger partial charge in [0, 0.05) is 6.54 Å². The molecule has 112 valence electrons. The zero-order chi connectivity index (χ0) is 15.3. The maximum atomic E-state index is 13.0. The summed E-state index contributed by atoms with van der Waals surface area (Å²) in [5.74, 6) is -2.50. The van der Waals surface area contributed by atoms with Gasteiger partial charge in [-0.05, 0) is 23.6 Å². The second-order valence-corrected chi connectivity index (χ2v) is 5.01. The summed E-state index contributed by atoms with van der Waals surface area (Å²) in [5, 5.41) is 21.7. The predicted molar refractivity (Wildman–Crippen MR) is 69.8 cm³/mol. The van der Waals surface area contributed by atoms with E-state index in [9.17, 15) is 23.8 Å². The summed E-state index contributed by atoms with van der Waals surface area (Å²) in [6.45, 7) is 3.44. The number of carbonyl (C=O) groups excluding carboxylic acids is 1. The molecule has 0 aliphatic rings. The van der Waals surface area contributed by atoms with Gasteiger partial charge in [-0.2, -0.15) is 0 Å². The number of nitrogens with one attached hydrogen (secondary N) is 1. The van der Waals surface area contributed by atoms with Crippen molar-refractivity contribution in [2.75, 3.05) is 6.54 Å². The molecule has 1 amide bonds. The Hall–Kier alpha value is -1.53. The van der Waals surface area contributed by atoms with E-state index in [1.165, 1.54) is 6.07 Å². The molecule has 0 radical (unpaired) electrons. The molecule has 0 saturated carbocycles. The molecule has 20 heavy (non-hydrogen) atoms. The molecular formula is C14H19F2NO3. The molecule has 0 aliphatic heterocycles. The summed E-state index contributed by atoms with van der Waals surface area (Å²) in [4.78, 5) is 11.5. The second-order valence-electron chi connectivity index (χ2n) is 5.01. The van der Waals surface area contributed by atoms with E-state index in [2.05, 4.69) is 5.32 Å². The number of carbonyl (C=O) groups is 1. The Morgan fingerprint density at radius 2 is 1.90 bits per heavy atom. The van der Waals surface area contributed by atoms with Crippen molar-refractivity contribution in [3.8, 4) is 0 Å². The van der Waals surface area contributed by atoms with Crippen molar-refractivity contribution in [3.63, 3.8) is 0 Å². The fourth-order valence-electron chi connectivity index (χ4n) is 1.55. The molecule has 4 nitrogen and oxygen atoms in total. The van der Waals surface area contributed by atoms with E-state index in [0.717, 1.165) is 12.1 Å². The van der Waals surface area contributed by atoms with Crippen molar-refractivity contribution in [2.45, 2.75) is 32.5 Å². The smallest absolute Gasteiger partial charge is 0.222 e. The number of aliphatic hydroxyl groups is 2. The molecule has 0 aliphatic carbocycles. The van der Waals surface area contributed by atoms with Crippen LogP contribution in [0.5, 0.6) is 0 Å². The summed E-state index contributed by atoms with van der Waals surface area (Å²) in [6.07, 6.45) is -1.96. The third-order valence-corrected chi connectivity index (χ3v) is 2.99. The molecule has 0 aromatic heterocycles. The van der Waals surface area contributed by atoms with Gasteiger partial charge in [0.1, 0.15) is 0 Å². The highest BCUT2D eigenvalue weighted by Crippen LogP contribution is 2.15. The number of hydrogen-bond donors (Lipinski definition) is 3. The number of hydrogen-bond acceptors (Lipinski definition) is 3. The van der Waals surface area contributed by atoms with Crippen molar-refractivity contribution in [3.05, 3.63) is 35.4 Å². The molecule has 2 atom stereocenters. The summed E-state index contributed by atoms with van der Waals surface area (Å²) in [7, 11) is 0. The lowest BCUT2D eigenvalue weighted by atomic mass is 10.0. The summed E-state index contributed by atoms with van der Waals surface area (Å²) >= 11 is 0. The van der Waals surface area contributed by atoms with E-state index in [1.807, 2.05) is 0 Å². The van der Waals surface area contributed by atoms with Crippen LogP contribution in [-0.4, -0.2) is 28.8 Å². The van der Waals surface area contributed by atoms with Gasteiger partial charge >= 0.3 is 0 Å². The first-order valence-electron chi connectivity index (χ1n) is 6.39. The Kier molecular flexibility index (Phi) is 6.04. The van der Waals surface area contributed by atoms with Gasteiger partial charge in [-0.3, -0.25) is 4.79 Å². The number of benzene rings is 1. The third kappa shape index (κ3) is 4.86. The predicted octanol–water partition coefficient (Wildman–Crippen LogP) is 1.52. The van der Waals surface area contributed by atoms with Gasteiger partial charge in [-0.25, -0.2) is 8.78 Å². The fraction of sp³-hybridized carbons (Fsp3) is 0.500. The van der Waals surface area contributed by atoms with Crippen LogP contribution in [-0.2, 0) is 4.79 Å². The van der Waals surface area contributed by atoms with E-state index >= 15 is 0 Å². The van der Waals surface area contributed by atoms with Crippen LogP contribution >= 0.6 is 0 Å². The minimum absolute atomic E-state index is 0.0446. The quantitative estimate of drug-likeness (QED) is 0.743. The summed E-state index contributed by atoms with van der Waals surface area (Å²) in [6, 6.07) is 3.05. The van der Waals surface area contributed by atoms with Gasteiger partial charge < -0.3 is 15.5 Å². The van der Waals surface area contributed by atoms with Gasteiger partial charge in [0.25, 0.3) is 0 Å². The Bertz CT molecular complexity index is 466. The molecule has 3 N–H and O–H groups in total. The van der Waals surface area contributed by atoms with Crippen LogP contribution in [0.2, 0.25) is 0 Å². The average molecular weight is 287 g/mol. The number of amides is 1. The molecule has 0 bridgehead atoms. The van der Waals surface area contributed by atoms with Crippen LogP contribution in [0.4, 0.5) is 8.78 Å². The van der Waals surface area contributed by atoms with Gasteiger partial charge in [-0.1, -0.05) is 19.9 Å². The Morgan fingerprint density at radius 1 is 1.25 bits per heavy atom. The molecule has 6 heteroatoms. The summed E-state index contributed by atoms with van der Waals surface area (Å²) < 4.78 is 25.7. The van der Waals surface area contributed by atoms with Crippen LogP contribution in [0.1, 0.15) is 31.9 Å². The maximum Gasteiger partial charge on any atom is 0.222 e. The lowest BCUT2D eigenvalue weighted by molar-refractivity contribution is -0.124. The zero-order valence-electron chi connectivity index (χ0n) is 11.4. The number of halogens is 2. The van der Waals surface area contributed by atoms with Crippen LogP contribution in [0.25, 0.3) is 0 Å².